The van der Waals surface area contributed by atoms with Crippen LogP contribution >= 0.6 is 0 Å². The monoisotopic (exact) mass is 323 g/mol. The van der Waals surface area contributed by atoms with E-state index >= 15 is 0 Å². The van der Waals surface area contributed by atoms with Gasteiger partial charge < -0.3 is 10.4 Å². The van der Waals surface area contributed by atoms with Gasteiger partial charge in [-0.3, -0.25) is 4.79 Å². The second kappa shape index (κ2) is 7.01. The minimum atomic E-state index is -0.671. The molecule has 3 rings (SSSR count). The average Bonchev–Trinajstić information content (AvgIpc) is 3.04. The molecule has 1 aromatic heterocycles. The molecule has 0 fully saturated rings. The van der Waals surface area contributed by atoms with Crippen LogP contribution in [0.4, 0.5) is 5.69 Å². The van der Waals surface area contributed by atoms with Crippen LogP contribution in [0.15, 0.2) is 54.6 Å². The summed E-state index contributed by atoms with van der Waals surface area (Å²) in [6.07, 6.45) is -0.671. The van der Waals surface area contributed by atoms with Crippen LogP contribution in [0, 0.1) is 0 Å². The fourth-order valence-corrected chi connectivity index (χ4v) is 2.31. The van der Waals surface area contributed by atoms with Crippen LogP contribution in [0.5, 0.6) is 0 Å². The number of anilines is 1. The van der Waals surface area contributed by atoms with E-state index < -0.39 is 6.10 Å². The number of hydrogen-bond acceptors (Lipinski definition) is 5. The number of carbonyl (C=O) groups is 1. The van der Waals surface area contributed by atoms with Crippen molar-refractivity contribution in [2.75, 3.05) is 5.32 Å². The molecule has 122 valence electrons. The number of nitrogens with one attached hydrogen (secondary N) is 1. The van der Waals surface area contributed by atoms with Crippen molar-refractivity contribution in [1.29, 1.82) is 0 Å². The molecular weight excluding hydrogens is 306 g/mol. The molecule has 1 heterocycles. The number of aliphatic hydroxyl groups is 1. The van der Waals surface area contributed by atoms with E-state index in [1.54, 1.807) is 25.1 Å². The van der Waals surface area contributed by atoms with Crippen LogP contribution in [0.3, 0.4) is 0 Å². The van der Waals surface area contributed by atoms with Gasteiger partial charge in [-0.05, 0) is 18.2 Å². The number of para-hydroxylation sites is 1. The lowest BCUT2D eigenvalue weighted by molar-refractivity contribution is -0.117. The van der Waals surface area contributed by atoms with Gasteiger partial charge in [0.05, 0.1) is 6.10 Å². The van der Waals surface area contributed by atoms with E-state index in [4.69, 9.17) is 0 Å². The van der Waals surface area contributed by atoms with Crippen molar-refractivity contribution in [3.8, 4) is 11.4 Å². The topological polar surface area (TPSA) is 92.9 Å². The van der Waals surface area contributed by atoms with Crippen molar-refractivity contribution >= 4 is 11.6 Å². The van der Waals surface area contributed by atoms with Crippen molar-refractivity contribution in [2.45, 2.75) is 19.6 Å². The van der Waals surface area contributed by atoms with Gasteiger partial charge in [0, 0.05) is 16.8 Å². The van der Waals surface area contributed by atoms with E-state index in [9.17, 15) is 9.90 Å². The maximum Gasteiger partial charge on any atom is 0.248 e. The molecular formula is C17H17N5O2. The maximum absolute atomic E-state index is 12.2. The molecule has 0 bridgehead atoms. The average molecular weight is 323 g/mol. The number of rotatable bonds is 5. The Morgan fingerprint density at radius 3 is 2.62 bits per heavy atom. The lowest BCUT2D eigenvalue weighted by Crippen LogP contribution is -2.21. The second-order valence-electron chi connectivity index (χ2n) is 5.32. The summed E-state index contributed by atoms with van der Waals surface area (Å²) in [6.45, 7) is 1.59. The Balaban J connectivity index is 1.69. The zero-order valence-corrected chi connectivity index (χ0v) is 13.1. The van der Waals surface area contributed by atoms with Gasteiger partial charge in [-0.2, -0.15) is 4.80 Å². The van der Waals surface area contributed by atoms with E-state index in [1.807, 2.05) is 36.4 Å². The smallest absolute Gasteiger partial charge is 0.248 e. The predicted molar refractivity (Wildman–Crippen MR) is 89.0 cm³/mol. The minimum absolute atomic E-state index is 0.0615. The van der Waals surface area contributed by atoms with Crippen molar-refractivity contribution in [3.63, 3.8) is 0 Å². The van der Waals surface area contributed by atoms with E-state index in [1.165, 1.54) is 4.80 Å². The summed E-state index contributed by atoms with van der Waals surface area (Å²) in [4.78, 5) is 13.4. The zero-order chi connectivity index (χ0) is 16.9. The summed E-state index contributed by atoms with van der Waals surface area (Å²) in [5, 5.41) is 24.6. The fraction of sp³-hybridized carbons (Fsp3) is 0.176. The van der Waals surface area contributed by atoms with Gasteiger partial charge >= 0.3 is 0 Å². The fourth-order valence-electron chi connectivity index (χ4n) is 2.31. The molecule has 7 nitrogen and oxygen atoms in total. The largest absolute Gasteiger partial charge is 0.389 e. The molecule has 2 N–H and O–H groups in total. The van der Waals surface area contributed by atoms with Crippen LogP contribution < -0.4 is 5.32 Å². The van der Waals surface area contributed by atoms with Gasteiger partial charge in [0.2, 0.25) is 11.7 Å². The van der Waals surface area contributed by atoms with Gasteiger partial charge in [-0.15, -0.1) is 10.2 Å². The molecule has 0 radical (unpaired) electrons. The molecule has 0 aliphatic carbocycles. The third-order valence-corrected chi connectivity index (χ3v) is 3.45. The molecule has 1 atom stereocenters. The highest BCUT2D eigenvalue weighted by Gasteiger charge is 2.12. The molecule has 1 amide bonds. The Labute approximate surface area is 138 Å². The van der Waals surface area contributed by atoms with Crippen molar-refractivity contribution in [1.82, 2.24) is 20.2 Å². The standard InChI is InChI=1S/C17H17N5O2/c1-12(23)14-9-5-6-10-15(14)18-16(24)11-22-20-17(19-21-22)13-7-3-2-4-8-13/h2-10,12,23H,11H2,1H3,(H,18,24). The number of aromatic nitrogens is 4. The zero-order valence-electron chi connectivity index (χ0n) is 13.1. The number of amides is 1. The highest BCUT2D eigenvalue weighted by atomic mass is 16.3. The van der Waals surface area contributed by atoms with Crippen LogP contribution in [-0.2, 0) is 11.3 Å². The molecule has 0 aliphatic rings. The second-order valence-corrected chi connectivity index (χ2v) is 5.32. The number of benzene rings is 2. The summed E-state index contributed by atoms with van der Waals surface area (Å²) in [5.74, 6) is 0.174. The van der Waals surface area contributed by atoms with E-state index in [-0.39, 0.29) is 12.5 Å². The molecule has 3 aromatic rings. The molecule has 7 heteroatoms. The van der Waals surface area contributed by atoms with Crippen LogP contribution in [0.1, 0.15) is 18.6 Å². The first-order valence-corrected chi connectivity index (χ1v) is 7.53. The Morgan fingerprint density at radius 1 is 1.17 bits per heavy atom. The number of aliphatic hydroxyl groups excluding tert-OH is 1. The molecule has 2 aromatic carbocycles. The van der Waals surface area contributed by atoms with Gasteiger partial charge in [-0.1, -0.05) is 48.5 Å². The Hall–Kier alpha value is -3.06. The van der Waals surface area contributed by atoms with Gasteiger partial charge in [0.1, 0.15) is 6.54 Å². The molecule has 24 heavy (non-hydrogen) atoms. The first-order chi connectivity index (χ1) is 11.6. The summed E-state index contributed by atoms with van der Waals surface area (Å²) < 4.78 is 0. The Kier molecular flexibility index (Phi) is 4.62. The van der Waals surface area contributed by atoms with Crippen LogP contribution in [0.25, 0.3) is 11.4 Å². The molecule has 0 saturated carbocycles. The number of hydrogen-bond donors (Lipinski definition) is 2. The predicted octanol–water partition coefficient (Wildman–Crippen LogP) is 2.03. The third kappa shape index (κ3) is 3.64. The molecule has 0 saturated heterocycles. The first kappa shape index (κ1) is 15.8. The van der Waals surface area contributed by atoms with Crippen LogP contribution in [-0.4, -0.2) is 31.2 Å². The maximum atomic E-state index is 12.2. The normalized spacial score (nSPS) is 11.9. The number of carbonyl (C=O) groups excluding carboxylic acids is 1. The van der Waals surface area contributed by atoms with Crippen LogP contribution in [0.2, 0.25) is 0 Å². The van der Waals surface area contributed by atoms with Gasteiger partial charge in [0.15, 0.2) is 0 Å². The first-order valence-electron chi connectivity index (χ1n) is 7.53. The quantitative estimate of drug-likeness (QED) is 0.749. The Bertz CT molecular complexity index is 830. The lowest BCUT2D eigenvalue weighted by Gasteiger charge is -2.12. The third-order valence-electron chi connectivity index (χ3n) is 3.45. The van der Waals surface area contributed by atoms with E-state index in [0.717, 1.165) is 5.56 Å². The summed E-state index contributed by atoms with van der Waals surface area (Å²) in [7, 11) is 0. The van der Waals surface area contributed by atoms with Crippen molar-refractivity contribution in [2.24, 2.45) is 0 Å². The lowest BCUT2D eigenvalue weighted by atomic mass is 10.1. The minimum Gasteiger partial charge on any atom is -0.389 e. The molecule has 0 aliphatic heterocycles. The van der Waals surface area contributed by atoms with Gasteiger partial charge in [0.25, 0.3) is 0 Å². The SMILES string of the molecule is CC(O)c1ccccc1NC(=O)Cn1nnc(-c2ccccc2)n1. The molecule has 0 spiro atoms. The summed E-state index contributed by atoms with van der Waals surface area (Å²) >= 11 is 0. The van der Waals surface area contributed by atoms with E-state index in [0.29, 0.717) is 17.1 Å². The summed E-state index contributed by atoms with van der Waals surface area (Å²) in [6, 6.07) is 16.5. The number of tetrazole rings is 1. The molecule has 1 unspecified atom stereocenters. The Morgan fingerprint density at radius 2 is 1.88 bits per heavy atom. The van der Waals surface area contributed by atoms with E-state index in [2.05, 4.69) is 20.7 Å². The highest BCUT2D eigenvalue weighted by molar-refractivity contribution is 5.91. The van der Waals surface area contributed by atoms with Gasteiger partial charge in [-0.25, -0.2) is 0 Å². The summed E-state index contributed by atoms with van der Waals surface area (Å²) in [5.41, 5.74) is 2.06. The van der Waals surface area contributed by atoms with Crippen molar-refractivity contribution < 1.29 is 9.90 Å². The number of nitrogens with zero attached hydrogens (tertiary/aromatic N) is 4. The van der Waals surface area contributed by atoms with Crippen molar-refractivity contribution in [3.05, 3.63) is 60.2 Å². The highest BCUT2D eigenvalue weighted by Crippen LogP contribution is 2.22.